The van der Waals surface area contributed by atoms with E-state index in [2.05, 4.69) is 30.6 Å². The van der Waals surface area contributed by atoms with Crippen LogP contribution in [0.25, 0.3) is 0 Å². The molecule has 16 nitrogen and oxygen atoms in total. The summed E-state index contributed by atoms with van der Waals surface area (Å²) >= 11 is 0. The predicted molar refractivity (Wildman–Crippen MR) is 336 cm³/mol. The Morgan fingerprint density at radius 1 is 0.337 bits per heavy atom. The average Bonchev–Trinajstić information content (AvgIpc) is 3.44. The smallest absolute Gasteiger partial charge is 0.305 e. The van der Waals surface area contributed by atoms with E-state index in [9.17, 15) is 39.0 Å². The van der Waals surface area contributed by atoms with Gasteiger partial charge in [0.2, 0.25) is 11.8 Å². The molecule has 2 unspecified atom stereocenters. The molecule has 0 aromatic carbocycles. The second kappa shape index (κ2) is 59.0. The highest BCUT2D eigenvalue weighted by Gasteiger charge is 2.21. The van der Waals surface area contributed by atoms with Crippen LogP contribution in [-0.4, -0.2) is 170 Å². The number of nitrogens with zero attached hydrogens (tertiary/aromatic N) is 4. The van der Waals surface area contributed by atoms with Crippen LogP contribution in [-0.2, 0) is 47.7 Å². The molecule has 2 N–H and O–H groups in total. The van der Waals surface area contributed by atoms with Crippen LogP contribution in [0.2, 0.25) is 0 Å². The van der Waals surface area contributed by atoms with Gasteiger partial charge in [-0.05, 0) is 52.1 Å². The SMILES string of the molecule is CCCCCCCCCCCCCC(=O)OCCN(CCOC(=O)CCCCCCCCCCCCC)C(=O)CCN(CCCCN(CCC(=O)N(CCOC(C)=O)CCOC(C)=O)CC(C)O)CC(O)CCCCCCCCCCCC. The molecule has 16 heteroatoms. The third kappa shape index (κ3) is 55.0. The summed E-state index contributed by atoms with van der Waals surface area (Å²) in [6, 6.07) is 0. The van der Waals surface area contributed by atoms with Gasteiger partial charge in [-0.1, -0.05) is 213 Å². The molecule has 2 atom stereocenters. The minimum Gasteiger partial charge on any atom is -0.464 e. The molecule has 0 heterocycles. The van der Waals surface area contributed by atoms with Crippen molar-refractivity contribution in [2.75, 3.05) is 91.9 Å². The van der Waals surface area contributed by atoms with Gasteiger partial charge in [0.25, 0.3) is 0 Å². The van der Waals surface area contributed by atoms with E-state index in [-0.39, 0.29) is 89.2 Å². The maximum absolute atomic E-state index is 14.1. The number of hydrogen-bond acceptors (Lipinski definition) is 14. The summed E-state index contributed by atoms with van der Waals surface area (Å²) in [5.74, 6) is -1.74. The number of carbonyl (C=O) groups is 6. The number of aliphatic hydroxyl groups is 2. The second-order valence-electron chi connectivity index (χ2n) is 23.7. The van der Waals surface area contributed by atoms with E-state index in [0.29, 0.717) is 58.5 Å². The molecule has 0 radical (unpaired) electrons. The topological polar surface area (TPSA) is 193 Å². The Morgan fingerprint density at radius 2 is 0.627 bits per heavy atom. The summed E-state index contributed by atoms with van der Waals surface area (Å²) in [4.78, 5) is 83.4. The van der Waals surface area contributed by atoms with Gasteiger partial charge in [0, 0.05) is 65.7 Å². The third-order valence-corrected chi connectivity index (χ3v) is 15.6. The molecule has 0 aliphatic carbocycles. The number of unbranched alkanes of at least 4 members (excludes halogenated alkanes) is 30. The van der Waals surface area contributed by atoms with Gasteiger partial charge in [0.05, 0.1) is 38.4 Å². The van der Waals surface area contributed by atoms with Gasteiger partial charge >= 0.3 is 23.9 Å². The molecule has 0 saturated heterocycles. The molecule has 488 valence electrons. The summed E-state index contributed by atoms with van der Waals surface area (Å²) in [5.41, 5.74) is 0. The lowest BCUT2D eigenvalue weighted by molar-refractivity contribution is -0.148. The van der Waals surface area contributed by atoms with Crippen LogP contribution in [0.5, 0.6) is 0 Å². The summed E-state index contributed by atoms with van der Waals surface area (Å²) in [6.45, 7) is 14.7. The first-order valence-corrected chi connectivity index (χ1v) is 34.2. The molecule has 0 aliphatic heterocycles. The van der Waals surface area contributed by atoms with E-state index in [1.807, 2.05) is 0 Å². The Hall–Kier alpha value is -3.34. The van der Waals surface area contributed by atoms with E-state index >= 15 is 0 Å². The first kappa shape index (κ1) is 79.7. The second-order valence-corrected chi connectivity index (χ2v) is 23.7. The fraction of sp³-hybridized carbons (Fsp3) is 0.910. The Labute approximate surface area is 507 Å². The Kier molecular flexibility index (Phi) is 56.6. The van der Waals surface area contributed by atoms with Gasteiger partial charge < -0.3 is 48.8 Å². The fourth-order valence-corrected chi connectivity index (χ4v) is 10.6. The highest BCUT2D eigenvalue weighted by molar-refractivity contribution is 5.77. The number of carbonyl (C=O) groups excluding carboxylic acids is 6. The van der Waals surface area contributed by atoms with Crippen molar-refractivity contribution in [3.63, 3.8) is 0 Å². The standard InChI is InChI=1S/C67H128N4O12/c1-7-10-13-16-19-22-25-28-31-34-37-42-66(78)82-56-52-71(53-57-83-67(79)43-38-35-32-29-26-23-20-17-14-11-8-2)65(77)45-49-69(59-63(75)41-36-33-30-27-24-21-18-15-12-9-3)47-40-39-46-68(58-60(4)72)48-44-64(76)70(50-54-80-61(5)73)51-55-81-62(6)74/h60,63,72,75H,7-59H2,1-6H3. The number of aliphatic hydroxyl groups excluding tert-OH is 2. The van der Waals surface area contributed by atoms with E-state index in [1.165, 1.54) is 166 Å². The van der Waals surface area contributed by atoms with Crippen LogP contribution in [0.15, 0.2) is 0 Å². The zero-order chi connectivity index (χ0) is 61.2. The Morgan fingerprint density at radius 3 is 0.940 bits per heavy atom. The van der Waals surface area contributed by atoms with Crippen molar-refractivity contribution in [3.05, 3.63) is 0 Å². The Balaban J connectivity index is 5.78. The molecule has 0 aromatic heterocycles. The van der Waals surface area contributed by atoms with Gasteiger partial charge in [-0.2, -0.15) is 0 Å². The van der Waals surface area contributed by atoms with Crippen molar-refractivity contribution in [2.24, 2.45) is 0 Å². The number of esters is 4. The van der Waals surface area contributed by atoms with Crippen molar-refractivity contribution < 1.29 is 57.9 Å². The average molecular weight is 1180 g/mol. The summed E-state index contributed by atoms with van der Waals surface area (Å²) < 4.78 is 21.5. The molecule has 0 fully saturated rings. The number of ether oxygens (including phenoxy) is 4. The molecule has 0 aromatic rings. The van der Waals surface area contributed by atoms with Crippen molar-refractivity contribution in [3.8, 4) is 0 Å². The first-order valence-electron chi connectivity index (χ1n) is 34.2. The maximum Gasteiger partial charge on any atom is 0.305 e. The van der Waals surface area contributed by atoms with Gasteiger partial charge in [-0.3, -0.25) is 28.8 Å². The van der Waals surface area contributed by atoms with E-state index in [4.69, 9.17) is 18.9 Å². The molecule has 2 amide bonds. The van der Waals surface area contributed by atoms with Crippen molar-refractivity contribution >= 4 is 35.7 Å². The Bertz CT molecular complexity index is 1490. The lowest BCUT2D eigenvalue weighted by Gasteiger charge is -2.28. The summed E-state index contributed by atoms with van der Waals surface area (Å²) in [5, 5.41) is 21.8. The van der Waals surface area contributed by atoms with Gasteiger partial charge in [0.1, 0.15) is 26.4 Å². The van der Waals surface area contributed by atoms with Crippen LogP contribution in [0, 0.1) is 0 Å². The van der Waals surface area contributed by atoms with Gasteiger partial charge in [-0.15, -0.1) is 0 Å². The van der Waals surface area contributed by atoms with Gasteiger partial charge in [0.15, 0.2) is 0 Å². The zero-order valence-corrected chi connectivity index (χ0v) is 54.4. The van der Waals surface area contributed by atoms with Gasteiger partial charge in [-0.25, -0.2) is 0 Å². The predicted octanol–water partition coefficient (Wildman–Crippen LogP) is 13.5. The lowest BCUT2D eigenvalue weighted by atomic mass is 10.0. The summed E-state index contributed by atoms with van der Waals surface area (Å²) in [7, 11) is 0. The van der Waals surface area contributed by atoms with Crippen molar-refractivity contribution in [1.29, 1.82) is 0 Å². The van der Waals surface area contributed by atoms with Crippen LogP contribution in [0.1, 0.15) is 292 Å². The first-order chi connectivity index (χ1) is 40.2. The van der Waals surface area contributed by atoms with E-state index in [1.54, 1.807) is 11.8 Å². The zero-order valence-electron chi connectivity index (χ0n) is 54.4. The number of rotatable bonds is 62. The van der Waals surface area contributed by atoms with Crippen LogP contribution in [0.3, 0.4) is 0 Å². The molecular formula is C67H128N4O12. The summed E-state index contributed by atoms with van der Waals surface area (Å²) in [6.07, 6.45) is 40.4. The highest BCUT2D eigenvalue weighted by atomic mass is 16.5. The number of hydrogen-bond donors (Lipinski definition) is 2. The van der Waals surface area contributed by atoms with Crippen LogP contribution in [0.4, 0.5) is 0 Å². The fourth-order valence-electron chi connectivity index (χ4n) is 10.6. The molecule has 0 spiro atoms. The third-order valence-electron chi connectivity index (χ3n) is 15.6. The minimum absolute atomic E-state index is 0.0243. The molecule has 0 saturated carbocycles. The van der Waals surface area contributed by atoms with Crippen LogP contribution < -0.4 is 0 Å². The maximum atomic E-state index is 14.1. The van der Waals surface area contributed by atoms with E-state index in [0.717, 1.165) is 70.6 Å². The lowest BCUT2D eigenvalue weighted by Crippen LogP contribution is -2.41. The molecule has 83 heavy (non-hydrogen) atoms. The molecule has 0 aliphatic rings. The van der Waals surface area contributed by atoms with Crippen molar-refractivity contribution in [1.82, 2.24) is 19.6 Å². The normalized spacial score (nSPS) is 12.2. The number of amides is 2. The highest BCUT2D eigenvalue weighted by Crippen LogP contribution is 2.16. The minimum atomic E-state index is -0.628. The monoisotopic (exact) mass is 1180 g/mol. The quantitative estimate of drug-likeness (QED) is 0.0332. The molecule has 0 bridgehead atoms. The largest absolute Gasteiger partial charge is 0.464 e. The van der Waals surface area contributed by atoms with E-state index < -0.39 is 24.1 Å². The molecular weight excluding hydrogens is 1050 g/mol. The van der Waals surface area contributed by atoms with Crippen LogP contribution >= 0.6 is 0 Å². The molecule has 0 rings (SSSR count). The van der Waals surface area contributed by atoms with Crippen molar-refractivity contribution in [2.45, 2.75) is 304 Å².